The number of rotatable bonds is 8. The summed E-state index contributed by atoms with van der Waals surface area (Å²) in [5, 5.41) is 5.21. The highest BCUT2D eigenvalue weighted by Crippen LogP contribution is 2.63. The lowest BCUT2D eigenvalue weighted by Gasteiger charge is -2.41. The van der Waals surface area contributed by atoms with Crippen molar-refractivity contribution >= 4 is 44.1 Å². The van der Waals surface area contributed by atoms with Gasteiger partial charge in [0.1, 0.15) is 23.1 Å². The normalized spacial score (nSPS) is 22.9. The smallest absolute Gasteiger partial charge is 0.121 e. The van der Waals surface area contributed by atoms with Gasteiger partial charge in [0.25, 0.3) is 0 Å². The predicted octanol–water partition coefficient (Wildman–Crippen LogP) is 9.23. The molecule has 2 nitrogen and oxygen atoms in total. The van der Waals surface area contributed by atoms with Gasteiger partial charge in [0.15, 0.2) is 0 Å². The third kappa shape index (κ3) is 6.03. The maximum absolute atomic E-state index is 15.8. The van der Waals surface area contributed by atoms with Crippen molar-refractivity contribution in [2.24, 2.45) is 0 Å². The van der Waals surface area contributed by atoms with Gasteiger partial charge in [-0.1, -0.05) is 132 Å². The minimum absolute atomic E-state index is 0.358. The van der Waals surface area contributed by atoms with Gasteiger partial charge in [-0.05, 0) is 61.7 Å². The predicted molar refractivity (Wildman–Crippen MR) is 186 cm³/mol. The van der Waals surface area contributed by atoms with E-state index in [-0.39, 0.29) is 0 Å². The molecule has 2 aromatic rings. The summed E-state index contributed by atoms with van der Waals surface area (Å²) in [5.41, 5.74) is 1.43. The van der Waals surface area contributed by atoms with Gasteiger partial charge in [-0.15, -0.1) is 0 Å². The van der Waals surface area contributed by atoms with Gasteiger partial charge < -0.3 is 9.13 Å². The zero-order chi connectivity index (χ0) is 29.0. The third-order valence-corrected chi connectivity index (χ3v) is 23.4. The van der Waals surface area contributed by atoms with E-state index in [1.165, 1.54) is 98.0 Å². The van der Waals surface area contributed by atoms with Crippen LogP contribution >= 0.6 is 14.3 Å². The zero-order valence-corrected chi connectivity index (χ0v) is 29.1. The Labute approximate surface area is 258 Å². The summed E-state index contributed by atoms with van der Waals surface area (Å²) in [7, 11) is -6.44. The van der Waals surface area contributed by atoms with Crippen LogP contribution in [0.1, 0.15) is 128 Å². The van der Waals surface area contributed by atoms with E-state index in [1.54, 1.807) is 0 Å². The Balaban J connectivity index is 1.45. The summed E-state index contributed by atoms with van der Waals surface area (Å²) in [5.74, 6) is 0. The molecule has 0 atom stereocenters. The van der Waals surface area contributed by atoms with Gasteiger partial charge in [-0.25, -0.2) is 0 Å². The number of hydrogen-bond donors (Lipinski definition) is 0. The SMILES string of the molecule is C[Si](c1ccccc1P(=O)(C1CCCCC1)C1CCCCC1)c1ccccc1P(=O)(C1CCCCC1)C1CCCCC1. The van der Waals surface area contributed by atoms with Crippen LogP contribution in [0.2, 0.25) is 6.55 Å². The maximum Gasteiger partial charge on any atom is 0.121 e. The first kappa shape index (κ1) is 31.1. The monoisotopic (exact) mass is 621 g/mol. The van der Waals surface area contributed by atoms with Gasteiger partial charge in [0.05, 0.1) is 0 Å². The van der Waals surface area contributed by atoms with Gasteiger partial charge in [-0.2, -0.15) is 0 Å². The van der Waals surface area contributed by atoms with Crippen LogP contribution in [-0.4, -0.2) is 31.4 Å². The molecular weight excluding hydrogens is 566 g/mol. The van der Waals surface area contributed by atoms with E-state index in [2.05, 4.69) is 55.1 Å². The second-order valence-electron chi connectivity index (χ2n) is 14.2. The van der Waals surface area contributed by atoms with Crippen molar-refractivity contribution in [3.8, 4) is 0 Å². The standard InChI is InChI=1S/C37H55O2P2Si/c1-42(36-28-16-14-26-34(36)40(38,30-18-6-2-7-19-30)31-20-8-3-9-21-31)37-29-17-15-27-35(37)41(39,32-22-10-4-11-23-32)33-24-12-5-13-25-33/h14-17,26-33H,2-13,18-25H2,1H3. The molecule has 0 unspecified atom stereocenters. The fourth-order valence-corrected chi connectivity index (χ4v) is 22.4. The molecule has 0 bridgehead atoms. The van der Waals surface area contributed by atoms with Crippen molar-refractivity contribution in [3.05, 3.63) is 48.5 Å². The van der Waals surface area contributed by atoms with Crippen LogP contribution in [0.25, 0.3) is 0 Å². The van der Waals surface area contributed by atoms with Crippen LogP contribution in [-0.2, 0) is 9.13 Å². The molecule has 0 heterocycles. The number of benzene rings is 2. The largest absolute Gasteiger partial charge is 0.318 e. The Hall–Kier alpha value is -0.883. The van der Waals surface area contributed by atoms with Gasteiger partial charge in [0.2, 0.25) is 0 Å². The molecule has 0 N–H and O–H groups in total. The Morgan fingerprint density at radius 2 is 0.714 bits per heavy atom. The molecule has 0 amide bonds. The molecule has 42 heavy (non-hydrogen) atoms. The highest BCUT2D eigenvalue weighted by Gasteiger charge is 2.46. The Morgan fingerprint density at radius 3 is 1.00 bits per heavy atom. The Morgan fingerprint density at radius 1 is 0.452 bits per heavy atom. The van der Waals surface area contributed by atoms with Crippen molar-refractivity contribution in [2.75, 3.05) is 0 Å². The van der Waals surface area contributed by atoms with Crippen molar-refractivity contribution in [1.29, 1.82) is 0 Å². The van der Waals surface area contributed by atoms with Gasteiger partial charge in [0, 0.05) is 33.2 Å². The molecule has 6 rings (SSSR count). The van der Waals surface area contributed by atoms with Crippen LogP contribution in [0.3, 0.4) is 0 Å². The Bertz CT molecular complexity index is 1120. The molecular formula is C37H55O2P2Si. The molecule has 0 aromatic heterocycles. The van der Waals surface area contributed by atoms with E-state index in [1.807, 2.05) is 0 Å². The molecule has 0 saturated heterocycles. The molecule has 4 saturated carbocycles. The molecule has 0 aliphatic heterocycles. The van der Waals surface area contributed by atoms with E-state index < -0.39 is 23.1 Å². The van der Waals surface area contributed by atoms with Crippen molar-refractivity contribution < 1.29 is 9.13 Å². The second kappa shape index (κ2) is 14.0. The summed E-state index contributed by atoms with van der Waals surface area (Å²) in [6, 6.07) is 18.0. The first-order valence-electron chi connectivity index (χ1n) is 17.8. The average Bonchev–Trinajstić information content (AvgIpc) is 3.09. The molecule has 2 aromatic carbocycles. The maximum atomic E-state index is 15.8. The molecule has 0 spiro atoms. The van der Waals surface area contributed by atoms with E-state index >= 15 is 9.13 Å². The lowest BCUT2D eigenvalue weighted by atomic mass is 9.99. The summed E-state index contributed by atoms with van der Waals surface area (Å²) in [6.07, 6.45) is 24.3. The first-order valence-corrected chi connectivity index (χ1v) is 23.5. The molecule has 4 aliphatic carbocycles. The Kier molecular flexibility index (Phi) is 10.4. The van der Waals surface area contributed by atoms with Crippen molar-refractivity contribution in [3.63, 3.8) is 0 Å². The topological polar surface area (TPSA) is 34.1 Å². The van der Waals surface area contributed by atoms with Crippen LogP contribution in [0.15, 0.2) is 48.5 Å². The highest BCUT2D eigenvalue weighted by molar-refractivity contribution is 7.74. The lowest BCUT2D eigenvalue weighted by molar-refractivity contribution is 0.452. The summed E-state index contributed by atoms with van der Waals surface area (Å²) < 4.78 is 31.6. The van der Waals surface area contributed by atoms with Crippen LogP contribution in [0.5, 0.6) is 0 Å². The minimum atomic E-state index is -2.59. The fraction of sp³-hybridized carbons (Fsp3) is 0.676. The van der Waals surface area contributed by atoms with E-state index in [0.29, 0.717) is 22.6 Å². The average molecular weight is 622 g/mol. The van der Waals surface area contributed by atoms with E-state index in [0.717, 1.165) is 51.4 Å². The third-order valence-electron chi connectivity index (χ3n) is 11.8. The summed E-state index contributed by atoms with van der Waals surface area (Å²) >= 11 is 0. The quantitative estimate of drug-likeness (QED) is 0.218. The summed E-state index contributed by atoms with van der Waals surface area (Å²) in [4.78, 5) is 0. The van der Waals surface area contributed by atoms with Crippen LogP contribution in [0, 0.1) is 0 Å². The van der Waals surface area contributed by atoms with Crippen LogP contribution < -0.4 is 21.0 Å². The summed E-state index contributed by atoms with van der Waals surface area (Å²) in [6.45, 7) is 2.44. The molecule has 4 fully saturated rings. The fourth-order valence-electron chi connectivity index (χ4n) is 9.58. The molecule has 1 radical (unpaired) electrons. The van der Waals surface area contributed by atoms with Gasteiger partial charge in [-0.3, -0.25) is 0 Å². The van der Waals surface area contributed by atoms with E-state index in [4.69, 9.17) is 0 Å². The molecule has 4 aliphatic rings. The zero-order valence-electron chi connectivity index (χ0n) is 26.3. The van der Waals surface area contributed by atoms with Crippen molar-refractivity contribution in [1.82, 2.24) is 0 Å². The minimum Gasteiger partial charge on any atom is -0.318 e. The first-order chi connectivity index (χ1) is 20.5. The van der Waals surface area contributed by atoms with Crippen LogP contribution in [0.4, 0.5) is 0 Å². The number of hydrogen-bond acceptors (Lipinski definition) is 2. The van der Waals surface area contributed by atoms with E-state index in [9.17, 15) is 0 Å². The molecule has 5 heteroatoms. The second-order valence-corrected chi connectivity index (χ2v) is 23.3. The lowest BCUT2D eigenvalue weighted by Crippen LogP contribution is -2.53. The van der Waals surface area contributed by atoms with Gasteiger partial charge >= 0.3 is 0 Å². The highest BCUT2D eigenvalue weighted by atomic mass is 31.2. The molecule has 229 valence electrons. The van der Waals surface area contributed by atoms with Crippen molar-refractivity contribution in [2.45, 2.75) is 158 Å².